The number of fused-ring (bicyclic) bond motifs is 1. The molecule has 122 valence electrons. The quantitative estimate of drug-likeness (QED) is 0.716. The maximum atomic E-state index is 11.9. The number of para-hydroxylation sites is 3. The van der Waals surface area contributed by atoms with E-state index in [1.165, 1.54) is 11.0 Å². The second kappa shape index (κ2) is 7.28. The van der Waals surface area contributed by atoms with Crippen LogP contribution in [-0.2, 0) is 9.59 Å². The van der Waals surface area contributed by atoms with Crippen LogP contribution in [0, 0.1) is 0 Å². The van der Waals surface area contributed by atoms with Crippen LogP contribution in [0.25, 0.3) is 11.0 Å². The Kier molecular flexibility index (Phi) is 4.71. The van der Waals surface area contributed by atoms with E-state index in [0.29, 0.717) is 5.75 Å². The van der Waals surface area contributed by atoms with Crippen LogP contribution in [0.4, 0.5) is 0 Å². The van der Waals surface area contributed by atoms with Gasteiger partial charge in [0.05, 0.1) is 17.6 Å². The number of hydrogen-bond acceptors (Lipinski definition) is 4. The number of nitrogens with one attached hydrogen (secondary N) is 2. The van der Waals surface area contributed by atoms with Gasteiger partial charge in [0.25, 0.3) is 11.8 Å². The number of hydrogen-bond donors (Lipinski definition) is 2. The number of amides is 2. The molecule has 0 saturated heterocycles. The number of aromatic nitrogens is 2. The van der Waals surface area contributed by atoms with Crippen LogP contribution in [0.1, 0.15) is 0 Å². The van der Waals surface area contributed by atoms with E-state index < -0.39 is 0 Å². The number of imidazole rings is 1. The fraction of sp³-hybridized carbons (Fsp3) is 0.118. The fourth-order valence-corrected chi connectivity index (χ4v) is 2.12. The molecule has 7 heteroatoms. The van der Waals surface area contributed by atoms with E-state index >= 15 is 0 Å². The van der Waals surface area contributed by atoms with Crippen molar-refractivity contribution in [3.63, 3.8) is 0 Å². The van der Waals surface area contributed by atoms with Gasteiger partial charge in [-0.15, -0.1) is 0 Å². The highest BCUT2D eigenvalue weighted by Crippen LogP contribution is 2.09. The van der Waals surface area contributed by atoms with Crippen molar-refractivity contribution in [3.8, 4) is 5.75 Å². The Hall–Kier alpha value is -3.35. The lowest BCUT2D eigenvalue weighted by Gasteiger charge is -2.09. The molecule has 3 rings (SSSR count). The first-order valence-corrected chi connectivity index (χ1v) is 7.39. The van der Waals surface area contributed by atoms with Crippen molar-refractivity contribution in [3.05, 3.63) is 60.9 Å². The number of benzene rings is 2. The van der Waals surface area contributed by atoms with Crippen molar-refractivity contribution in [2.24, 2.45) is 0 Å². The van der Waals surface area contributed by atoms with Crippen LogP contribution in [0.2, 0.25) is 0 Å². The molecule has 1 heterocycles. The lowest BCUT2D eigenvalue weighted by Crippen LogP contribution is -2.37. The molecule has 0 radical (unpaired) electrons. The molecule has 0 aliphatic heterocycles. The van der Waals surface area contributed by atoms with Crippen LogP contribution in [-0.4, -0.2) is 34.6 Å². The van der Waals surface area contributed by atoms with Gasteiger partial charge in [-0.1, -0.05) is 30.3 Å². The molecule has 0 unspecified atom stereocenters. The highest BCUT2D eigenvalue weighted by Gasteiger charge is 2.08. The van der Waals surface area contributed by atoms with E-state index in [9.17, 15) is 9.59 Å². The third-order valence-corrected chi connectivity index (χ3v) is 3.26. The van der Waals surface area contributed by atoms with E-state index in [4.69, 9.17) is 4.74 Å². The summed E-state index contributed by atoms with van der Waals surface area (Å²) in [7, 11) is 0. The van der Waals surface area contributed by atoms with E-state index in [1.807, 2.05) is 42.5 Å². The molecule has 0 saturated carbocycles. The minimum Gasteiger partial charge on any atom is -0.484 e. The van der Waals surface area contributed by atoms with Crippen LogP contribution in [0.5, 0.6) is 5.75 Å². The zero-order valence-electron chi connectivity index (χ0n) is 12.8. The Morgan fingerprint density at radius 3 is 2.58 bits per heavy atom. The SMILES string of the molecule is O=C(COc1ccccc1)NCC(=O)Nn1cnc2ccccc21. The lowest BCUT2D eigenvalue weighted by atomic mass is 10.3. The molecule has 0 bridgehead atoms. The number of nitrogens with zero attached hydrogens (tertiary/aromatic N) is 2. The Morgan fingerprint density at radius 2 is 1.75 bits per heavy atom. The Morgan fingerprint density at radius 1 is 1.00 bits per heavy atom. The minimum atomic E-state index is -0.371. The summed E-state index contributed by atoms with van der Waals surface area (Å²) in [6.45, 7) is -0.297. The zero-order chi connectivity index (χ0) is 16.8. The average molecular weight is 324 g/mol. The van der Waals surface area contributed by atoms with Gasteiger partial charge in [-0.05, 0) is 24.3 Å². The third kappa shape index (κ3) is 3.89. The molecule has 0 spiro atoms. The molecule has 2 aromatic carbocycles. The Bertz CT molecular complexity index is 845. The molecule has 3 aromatic rings. The maximum Gasteiger partial charge on any atom is 0.258 e. The topological polar surface area (TPSA) is 85.2 Å². The molecular weight excluding hydrogens is 308 g/mol. The molecular formula is C17H16N4O3. The van der Waals surface area contributed by atoms with E-state index in [-0.39, 0.29) is 25.0 Å². The summed E-state index contributed by atoms with van der Waals surface area (Å²) >= 11 is 0. The smallest absolute Gasteiger partial charge is 0.258 e. The number of carbonyl (C=O) groups is 2. The normalized spacial score (nSPS) is 10.3. The first-order chi connectivity index (χ1) is 11.7. The fourth-order valence-electron chi connectivity index (χ4n) is 2.12. The summed E-state index contributed by atoms with van der Waals surface area (Å²) in [6, 6.07) is 16.4. The summed E-state index contributed by atoms with van der Waals surface area (Å²) in [4.78, 5) is 27.8. The molecule has 1 aromatic heterocycles. The minimum absolute atomic E-state index is 0.148. The molecule has 0 aliphatic rings. The van der Waals surface area contributed by atoms with Gasteiger partial charge in [-0.3, -0.25) is 15.0 Å². The van der Waals surface area contributed by atoms with Crippen molar-refractivity contribution in [1.82, 2.24) is 15.0 Å². The van der Waals surface area contributed by atoms with Crippen molar-refractivity contribution in [1.29, 1.82) is 0 Å². The van der Waals surface area contributed by atoms with E-state index in [0.717, 1.165) is 11.0 Å². The van der Waals surface area contributed by atoms with Crippen LogP contribution < -0.4 is 15.5 Å². The standard InChI is InChI=1S/C17H16N4O3/c22-16(20-21-12-19-14-8-4-5-9-15(14)21)10-18-17(23)11-24-13-6-2-1-3-7-13/h1-9,12H,10-11H2,(H,18,23)(H,20,22). The number of ether oxygens (including phenoxy) is 1. The van der Waals surface area contributed by atoms with Crippen LogP contribution in [0.3, 0.4) is 0 Å². The van der Waals surface area contributed by atoms with Gasteiger partial charge < -0.3 is 10.1 Å². The summed E-state index contributed by atoms with van der Waals surface area (Å²) in [5.41, 5.74) is 4.21. The molecule has 2 N–H and O–H groups in total. The van der Waals surface area contributed by atoms with Crippen molar-refractivity contribution in [2.75, 3.05) is 18.6 Å². The van der Waals surface area contributed by atoms with Crippen LogP contribution in [0.15, 0.2) is 60.9 Å². The first-order valence-electron chi connectivity index (χ1n) is 7.39. The summed E-state index contributed by atoms with van der Waals surface area (Å²) in [5.74, 6) is -0.127. The van der Waals surface area contributed by atoms with Gasteiger partial charge >= 0.3 is 0 Å². The molecule has 2 amide bonds. The van der Waals surface area contributed by atoms with Gasteiger partial charge in [0, 0.05) is 0 Å². The number of rotatable bonds is 6. The Balaban J connectivity index is 1.46. The molecule has 24 heavy (non-hydrogen) atoms. The third-order valence-electron chi connectivity index (χ3n) is 3.26. The summed E-state index contributed by atoms with van der Waals surface area (Å²) < 4.78 is 6.82. The van der Waals surface area contributed by atoms with Gasteiger partial charge in [0.15, 0.2) is 6.61 Å². The molecule has 0 atom stereocenters. The maximum absolute atomic E-state index is 11.9. The van der Waals surface area contributed by atoms with Gasteiger partial charge in [-0.25, -0.2) is 9.66 Å². The summed E-state index contributed by atoms with van der Waals surface area (Å²) in [5, 5.41) is 2.50. The van der Waals surface area contributed by atoms with E-state index in [1.54, 1.807) is 12.1 Å². The Labute approximate surface area is 138 Å². The second-order valence-electron chi connectivity index (χ2n) is 5.02. The van der Waals surface area contributed by atoms with Crippen molar-refractivity contribution >= 4 is 22.8 Å². The highest BCUT2D eigenvalue weighted by molar-refractivity contribution is 5.91. The monoisotopic (exact) mass is 324 g/mol. The molecule has 7 nitrogen and oxygen atoms in total. The van der Waals surface area contributed by atoms with E-state index in [2.05, 4.69) is 15.7 Å². The highest BCUT2D eigenvalue weighted by atomic mass is 16.5. The first kappa shape index (κ1) is 15.5. The summed E-state index contributed by atoms with van der Waals surface area (Å²) in [6.07, 6.45) is 1.52. The lowest BCUT2D eigenvalue weighted by molar-refractivity contribution is -0.125. The predicted octanol–water partition coefficient (Wildman–Crippen LogP) is 1.30. The average Bonchev–Trinajstić information content (AvgIpc) is 3.02. The second-order valence-corrected chi connectivity index (χ2v) is 5.02. The molecule has 0 aliphatic carbocycles. The predicted molar refractivity (Wildman–Crippen MR) is 89.0 cm³/mol. The van der Waals surface area contributed by atoms with Crippen molar-refractivity contribution in [2.45, 2.75) is 0 Å². The molecule has 0 fully saturated rings. The number of carbonyl (C=O) groups excluding carboxylic acids is 2. The largest absolute Gasteiger partial charge is 0.484 e. The van der Waals surface area contributed by atoms with Gasteiger partial charge in [0.2, 0.25) is 0 Å². The zero-order valence-corrected chi connectivity index (χ0v) is 12.8. The van der Waals surface area contributed by atoms with Gasteiger partial charge in [0.1, 0.15) is 12.1 Å². The van der Waals surface area contributed by atoms with Crippen LogP contribution >= 0.6 is 0 Å². The van der Waals surface area contributed by atoms with Gasteiger partial charge in [-0.2, -0.15) is 0 Å². The van der Waals surface area contributed by atoms with Crippen molar-refractivity contribution < 1.29 is 14.3 Å².